The minimum atomic E-state index is -3.76. The van der Waals surface area contributed by atoms with Crippen molar-refractivity contribution in [2.24, 2.45) is 0 Å². The van der Waals surface area contributed by atoms with Crippen molar-refractivity contribution in [1.82, 2.24) is 9.29 Å². The molecule has 168 valence electrons. The second-order valence-electron chi connectivity index (χ2n) is 7.94. The number of hydrogen-bond acceptors (Lipinski definition) is 5. The van der Waals surface area contributed by atoms with Crippen LogP contribution in [0.4, 0.5) is 0 Å². The molecular weight excluding hydrogens is 436 g/mol. The van der Waals surface area contributed by atoms with Crippen LogP contribution in [0.2, 0.25) is 0 Å². The molecule has 3 aromatic carbocycles. The summed E-state index contributed by atoms with van der Waals surface area (Å²) in [5.41, 5.74) is 3.38. The Morgan fingerprint density at radius 1 is 0.909 bits per heavy atom. The molecule has 6 nitrogen and oxygen atoms in total. The molecule has 1 aromatic heterocycles. The van der Waals surface area contributed by atoms with Gasteiger partial charge in [-0.25, -0.2) is 8.42 Å². The van der Waals surface area contributed by atoms with Gasteiger partial charge in [-0.3, -0.25) is 4.98 Å². The molecule has 2 heterocycles. The first-order valence-electron chi connectivity index (χ1n) is 10.8. The van der Waals surface area contributed by atoms with E-state index in [0.29, 0.717) is 24.5 Å². The number of para-hydroxylation sites is 1. The molecule has 1 aliphatic rings. The van der Waals surface area contributed by atoms with E-state index in [1.165, 1.54) is 4.31 Å². The van der Waals surface area contributed by atoms with E-state index in [9.17, 15) is 8.42 Å². The highest BCUT2D eigenvalue weighted by Crippen LogP contribution is 2.30. The summed E-state index contributed by atoms with van der Waals surface area (Å²) in [6.45, 7) is 1.73. The van der Waals surface area contributed by atoms with Gasteiger partial charge < -0.3 is 9.47 Å². The molecule has 5 rings (SSSR count). The van der Waals surface area contributed by atoms with E-state index < -0.39 is 10.0 Å². The monoisotopic (exact) mass is 460 g/mol. The number of sulfonamides is 1. The van der Waals surface area contributed by atoms with E-state index in [1.54, 1.807) is 24.4 Å². The molecule has 0 spiro atoms. The van der Waals surface area contributed by atoms with Gasteiger partial charge in [-0.15, -0.1) is 0 Å². The second-order valence-corrected chi connectivity index (χ2v) is 9.85. The number of rotatable bonds is 6. The van der Waals surface area contributed by atoms with E-state index in [1.807, 2.05) is 60.7 Å². The van der Waals surface area contributed by atoms with Gasteiger partial charge in [0, 0.05) is 30.2 Å². The fourth-order valence-electron chi connectivity index (χ4n) is 4.00. The third kappa shape index (κ3) is 4.61. The van der Waals surface area contributed by atoms with E-state index in [0.717, 1.165) is 22.1 Å². The molecule has 0 amide bonds. The van der Waals surface area contributed by atoms with Gasteiger partial charge in [0.1, 0.15) is 17.3 Å². The molecule has 7 heteroatoms. The van der Waals surface area contributed by atoms with Crippen LogP contribution in [0, 0.1) is 0 Å². The third-order valence-electron chi connectivity index (χ3n) is 5.66. The van der Waals surface area contributed by atoms with Crippen molar-refractivity contribution in [3.63, 3.8) is 0 Å². The van der Waals surface area contributed by atoms with Gasteiger partial charge in [0.15, 0.2) is 0 Å². The quantitative estimate of drug-likeness (QED) is 0.423. The smallest absolute Gasteiger partial charge is 0.245 e. The van der Waals surface area contributed by atoms with Crippen molar-refractivity contribution in [3.8, 4) is 5.75 Å². The average molecular weight is 461 g/mol. The Bertz CT molecular complexity index is 1370. The first kappa shape index (κ1) is 21.6. The van der Waals surface area contributed by atoms with Crippen LogP contribution in [0.15, 0.2) is 90.0 Å². The van der Waals surface area contributed by atoms with Crippen molar-refractivity contribution >= 4 is 20.9 Å². The zero-order valence-corrected chi connectivity index (χ0v) is 18.9. The Balaban J connectivity index is 1.37. The predicted molar refractivity (Wildman–Crippen MR) is 126 cm³/mol. The number of hydrogen-bond donors (Lipinski definition) is 0. The maximum absolute atomic E-state index is 13.6. The maximum atomic E-state index is 13.6. The van der Waals surface area contributed by atoms with Crippen molar-refractivity contribution in [1.29, 1.82) is 0 Å². The van der Waals surface area contributed by atoms with Crippen LogP contribution in [0.3, 0.4) is 0 Å². The van der Waals surface area contributed by atoms with Gasteiger partial charge in [-0.2, -0.15) is 4.31 Å². The van der Waals surface area contributed by atoms with E-state index in [-0.39, 0.29) is 24.6 Å². The van der Waals surface area contributed by atoms with Crippen LogP contribution >= 0.6 is 0 Å². The summed E-state index contributed by atoms with van der Waals surface area (Å²) in [7, 11) is -3.76. The number of benzene rings is 3. The number of fused-ring (bicyclic) bond motifs is 2. The third-order valence-corrected chi connectivity index (χ3v) is 7.54. The lowest BCUT2D eigenvalue weighted by Gasteiger charge is -2.20. The first-order chi connectivity index (χ1) is 16.1. The van der Waals surface area contributed by atoms with E-state index in [4.69, 9.17) is 9.47 Å². The van der Waals surface area contributed by atoms with E-state index in [2.05, 4.69) is 4.98 Å². The zero-order valence-electron chi connectivity index (χ0n) is 18.1. The number of aromatic nitrogens is 1. The standard InChI is InChI=1S/C26H24N2O4S/c29-33(30,25-10-4-8-22-9-5-13-27-26(22)25)28-14-15-32-24-12-11-21(16-23(24)17-28)19-31-18-20-6-2-1-3-7-20/h1-13,16H,14-15,17-19H2. The molecule has 0 unspecified atom stereocenters. The van der Waals surface area contributed by atoms with Crippen LogP contribution in [-0.2, 0) is 34.5 Å². The van der Waals surface area contributed by atoms with Gasteiger partial charge in [0.05, 0.1) is 18.7 Å². The molecule has 0 radical (unpaired) electrons. The highest BCUT2D eigenvalue weighted by atomic mass is 32.2. The predicted octanol–water partition coefficient (Wildman–Crippen LogP) is 4.53. The van der Waals surface area contributed by atoms with E-state index >= 15 is 0 Å². The number of ether oxygens (including phenoxy) is 2. The zero-order chi connectivity index (χ0) is 22.7. The molecule has 0 saturated heterocycles. The highest BCUT2D eigenvalue weighted by molar-refractivity contribution is 7.89. The summed E-state index contributed by atoms with van der Waals surface area (Å²) >= 11 is 0. The lowest BCUT2D eigenvalue weighted by Crippen LogP contribution is -2.32. The molecule has 0 aliphatic carbocycles. The molecule has 0 atom stereocenters. The Labute approximate surface area is 193 Å². The van der Waals surface area contributed by atoms with Crippen molar-refractivity contribution in [3.05, 3.63) is 102 Å². The van der Waals surface area contributed by atoms with Crippen molar-refractivity contribution < 1.29 is 17.9 Å². The Hall–Kier alpha value is -3.26. The van der Waals surface area contributed by atoms with Gasteiger partial charge in [0.25, 0.3) is 0 Å². The summed E-state index contributed by atoms with van der Waals surface area (Å²) in [6.07, 6.45) is 1.61. The molecule has 0 bridgehead atoms. The molecule has 1 aliphatic heterocycles. The molecule has 33 heavy (non-hydrogen) atoms. The normalized spacial score (nSPS) is 14.4. The lowest BCUT2D eigenvalue weighted by atomic mass is 10.1. The average Bonchev–Trinajstić information content (AvgIpc) is 3.07. The fourth-order valence-corrected chi connectivity index (χ4v) is 5.57. The molecule has 0 fully saturated rings. The van der Waals surface area contributed by atoms with Gasteiger partial charge >= 0.3 is 0 Å². The summed E-state index contributed by atoms with van der Waals surface area (Å²) < 4.78 is 40.4. The van der Waals surface area contributed by atoms with Crippen LogP contribution in [-0.4, -0.2) is 30.9 Å². The maximum Gasteiger partial charge on any atom is 0.245 e. The Morgan fingerprint density at radius 3 is 2.61 bits per heavy atom. The first-order valence-corrected chi connectivity index (χ1v) is 12.3. The van der Waals surface area contributed by atoms with Crippen LogP contribution in [0.1, 0.15) is 16.7 Å². The van der Waals surface area contributed by atoms with Gasteiger partial charge in [-0.05, 0) is 35.4 Å². The summed E-state index contributed by atoms with van der Waals surface area (Å²) in [4.78, 5) is 4.54. The van der Waals surface area contributed by atoms with Crippen molar-refractivity contribution in [2.45, 2.75) is 24.7 Å². The SMILES string of the molecule is O=S(=O)(c1cccc2cccnc12)N1CCOc2ccc(COCc3ccccc3)cc2C1. The Kier molecular flexibility index (Phi) is 6.09. The molecular formula is C26H24N2O4S. The Morgan fingerprint density at radius 2 is 1.73 bits per heavy atom. The molecule has 0 saturated carbocycles. The minimum Gasteiger partial charge on any atom is -0.492 e. The van der Waals surface area contributed by atoms with Crippen LogP contribution in [0.5, 0.6) is 5.75 Å². The lowest BCUT2D eigenvalue weighted by molar-refractivity contribution is 0.107. The molecule has 0 N–H and O–H groups in total. The number of nitrogens with zero attached hydrogens (tertiary/aromatic N) is 2. The summed E-state index contributed by atoms with van der Waals surface area (Å²) in [5, 5.41) is 0.794. The highest BCUT2D eigenvalue weighted by Gasteiger charge is 2.29. The summed E-state index contributed by atoms with van der Waals surface area (Å²) in [5.74, 6) is 0.704. The van der Waals surface area contributed by atoms with Crippen LogP contribution in [0.25, 0.3) is 10.9 Å². The molecule has 4 aromatic rings. The van der Waals surface area contributed by atoms with Crippen molar-refractivity contribution in [2.75, 3.05) is 13.2 Å². The topological polar surface area (TPSA) is 68.7 Å². The van der Waals surface area contributed by atoms with Gasteiger partial charge in [0.2, 0.25) is 10.0 Å². The summed E-state index contributed by atoms with van der Waals surface area (Å²) in [6, 6.07) is 24.7. The number of pyridine rings is 1. The fraction of sp³-hybridized carbons (Fsp3) is 0.192. The van der Waals surface area contributed by atoms with Gasteiger partial charge in [-0.1, -0.05) is 54.6 Å². The minimum absolute atomic E-state index is 0.214. The largest absolute Gasteiger partial charge is 0.492 e. The second kappa shape index (κ2) is 9.31. The van der Waals surface area contributed by atoms with Crippen LogP contribution < -0.4 is 4.74 Å².